The van der Waals surface area contributed by atoms with E-state index in [9.17, 15) is 19.5 Å². The molecule has 0 aromatic carbocycles. The van der Waals surface area contributed by atoms with Crippen LogP contribution in [0.2, 0.25) is 0 Å². The van der Waals surface area contributed by atoms with Crippen molar-refractivity contribution in [3.8, 4) is 0 Å². The topological polar surface area (TPSA) is 111 Å². The first-order chi connectivity index (χ1) is 35.6. The van der Waals surface area contributed by atoms with Crippen molar-refractivity contribution in [1.29, 1.82) is 0 Å². The second-order valence-electron chi connectivity index (χ2n) is 18.8. The molecule has 0 heterocycles. The number of carbonyl (C=O) groups excluding carboxylic acids is 3. The SMILES string of the molecule is CC/C=C\C/C=C\C/C=C\C/C=C\C/C=C\C/C=C\C/C=C\C/C=C\C/C=C\CCCCCCCCCC(=O)OC(COC(=O)CC/C=C\C/C=C\C/C=C\C/C=C\CC)COC(OCC[N+](C)(C)C)C(=O)[O-]. The van der Waals surface area contributed by atoms with Crippen LogP contribution in [0.15, 0.2) is 158 Å². The van der Waals surface area contributed by atoms with E-state index in [2.05, 4.69) is 160 Å². The van der Waals surface area contributed by atoms with Crippen LogP contribution in [0, 0.1) is 0 Å². The van der Waals surface area contributed by atoms with Crippen molar-refractivity contribution in [2.45, 2.75) is 180 Å². The highest BCUT2D eigenvalue weighted by Gasteiger charge is 2.21. The molecule has 0 amide bonds. The molecule has 2 unspecified atom stereocenters. The summed E-state index contributed by atoms with van der Waals surface area (Å²) < 4.78 is 22.5. The standard InChI is InChI=1S/C64H99NO8/c1-6-8-10-12-14-16-18-20-21-22-23-24-25-26-27-28-29-30-31-32-33-34-35-36-37-38-39-40-41-43-45-47-49-51-53-55-62(67)73-60(59-72-64(63(68)69)70-57-56-65(3,4)5)58-71-61(66)54-52-50-48-46-44-42-19-17-15-13-11-9-7-2/h8-11,14-17,20-21,23-24,26-27,29-30,32-33,35-36,38-39,42,44,48,50,60,64H,6-7,12-13,18-19,22,25,28,31,34,37,40-41,43,45-47,49,51-59H2,1-5H3/b10-8-,11-9-,16-14-,17-15-,21-20-,24-23-,27-26-,30-29-,33-32-,36-35-,39-38-,44-42-,50-48-. The fourth-order valence-electron chi connectivity index (χ4n) is 6.60. The normalized spacial score (nSPS) is 14.0. The van der Waals surface area contributed by atoms with Crippen LogP contribution < -0.4 is 5.11 Å². The number of nitrogens with zero attached hydrogens (tertiary/aromatic N) is 1. The summed E-state index contributed by atoms with van der Waals surface area (Å²) in [6.45, 7) is 4.37. The van der Waals surface area contributed by atoms with Gasteiger partial charge in [-0.3, -0.25) is 9.59 Å². The Hall–Kier alpha value is -5.09. The van der Waals surface area contributed by atoms with Crippen molar-refractivity contribution >= 4 is 17.9 Å². The third-order valence-corrected chi connectivity index (χ3v) is 10.8. The summed E-state index contributed by atoms with van der Waals surface area (Å²) in [6, 6.07) is 0. The van der Waals surface area contributed by atoms with Gasteiger partial charge in [-0.25, -0.2) is 0 Å². The molecule has 0 saturated heterocycles. The fourth-order valence-corrected chi connectivity index (χ4v) is 6.60. The lowest BCUT2D eigenvalue weighted by Crippen LogP contribution is -2.44. The molecule has 0 aliphatic rings. The predicted octanol–water partition coefficient (Wildman–Crippen LogP) is 14.9. The summed E-state index contributed by atoms with van der Waals surface area (Å²) in [7, 11) is 5.87. The molecular formula is C64H99NO8. The number of likely N-dealkylation sites (N-methyl/N-ethyl adjacent to an activating group) is 1. The van der Waals surface area contributed by atoms with Gasteiger partial charge in [-0.05, 0) is 109 Å². The number of aliphatic carboxylic acids is 1. The number of hydrogen-bond donors (Lipinski definition) is 0. The van der Waals surface area contributed by atoms with Crippen LogP contribution >= 0.6 is 0 Å². The van der Waals surface area contributed by atoms with Gasteiger partial charge in [0.1, 0.15) is 13.2 Å². The van der Waals surface area contributed by atoms with Gasteiger partial charge in [-0.1, -0.05) is 204 Å². The first kappa shape index (κ1) is 67.9. The van der Waals surface area contributed by atoms with Crippen LogP contribution in [0.3, 0.4) is 0 Å². The highest BCUT2D eigenvalue weighted by atomic mass is 16.7. The van der Waals surface area contributed by atoms with Crippen molar-refractivity contribution in [1.82, 2.24) is 0 Å². The number of allylic oxidation sites excluding steroid dienone is 26. The minimum Gasteiger partial charge on any atom is -0.545 e. The molecular weight excluding hydrogens is 911 g/mol. The van der Waals surface area contributed by atoms with E-state index < -0.39 is 30.3 Å². The van der Waals surface area contributed by atoms with Crippen LogP contribution in [0.25, 0.3) is 0 Å². The van der Waals surface area contributed by atoms with Gasteiger partial charge in [0.2, 0.25) is 0 Å². The Kier molecular flexibility index (Phi) is 49.5. The molecule has 9 nitrogen and oxygen atoms in total. The minimum atomic E-state index is -1.65. The third kappa shape index (κ3) is 54.5. The number of carboxylic acids is 1. The molecule has 9 heteroatoms. The Balaban J connectivity index is 4.30. The van der Waals surface area contributed by atoms with Gasteiger partial charge in [0, 0.05) is 12.8 Å². The Morgan fingerprint density at radius 1 is 0.411 bits per heavy atom. The molecule has 0 aliphatic heterocycles. The second kappa shape index (κ2) is 53.2. The van der Waals surface area contributed by atoms with Gasteiger partial charge in [-0.15, -0.1) is 0 Å². The third-order valence-electron chi connectivity index (χ3n) is 10.8. The molecule has 0 spiro atoms. The van der Waals surface area contributed by atoms with Crippen molar-refractivity contribution in [2.75, 3.05) is 47.5 Å². The Morgan fingerprint density at radius 2 is 0.767 bits per heavy atom. The van der Waals surface area contributed by atoms with Crippen LogP contribution in [0.1, 0.15) is 168 Å². The number of ether oxygens (including phenoxy) is 4. The van der Waals surface area contributed by atoms with E-state index in [-0.39, 0.29) is 32.7 Å². The van der Waals surface area contributed by atoms with Gasteiger partial charge in [0.15, 0.2) is 12.4 Å². The quantitative estimate of drug-likeness (QED) is 0.0195. The van der Waals surface area contributed by atoms with Crippen molar-refractivity contribution in [3.63, 3.8) is 0 Å². The van der Waals surface area contributed by atoms with Gasteiger partial charge >= 0.3 is 11.9 Å². The maximum Gasteiger partial charge on any atom is 0.306 e. The Bertz CT molecular complexity index is 1750. The number of carbonyl (C=O) groups is 3. The molecule has 2 atom stereocenters. The number of quaternary nitrogens is 1. The summed E-state index contributed by atoms with van der Waals surface area (Å²) in [5, 5.41) is 11.7. The zero-order chi connectivity index (χ0) is 53.4. The smallest absolute Gasteiger partial charge is 0.306 e. The Morgan fingerprint density at radius 3 is 1.15 bits per heavy atom. The zero-order valence-corrected chi connectivity index (χ0v) is 46.2. The number of esters is 2. The van der Waals surface area contributed by atoms with Crippen molar-refractivity contribution < 1.29 is 42.9 Å². The average molecular weight is 1010 g/mol. The summed E-state index contributed by atoms with van der Waals surface area (Å²) in [4.78, 5) is 37.1. The van der Waals surface area contributed by atoms with Gasteiger partial charge in [0.25, 0.3) is 0 Å². The van der Waals surface area contributed by atoms with Crippen LogP contribution in [0.5, 0.6) is 0 Å². The maximum absolute atomic E-state index is 12.8. The predicted molar refractivity (Wildman–Crippen MR) is 305 cm³/mol. The first-order valence-corrected chi connectivity index (χ1v) is 27.6. The van der Waals surface area contributed by atoms with Crippen LogP contribution in [-0.4, -0.2) is 82.3 Å². The highest BCUT2D eigenvalue weighted by molar-refractivity contribution is 5.70. The van der Waals surface area contributed by atoms with E-state index in [4.69, 9.17) is 18.9 Å². The highest BCUT2D eigenvalue weighted by Crippen LogP contribution is 2.12. The van der Waals surface area contributed by atoms with E-state index in [0.29, 0.717) is 23.9 Å². The van der Waals surface area contributed by atoms with Gasteiger partial charge < -0.3 is 33.3 Å². The first-order valence-electron chi connectivity index (χ1n) is 27.6. The molecule has 0 rings (SSSR count). The molecule has 0 bridgehead atoms. The van der Waals surface area contributed by atoms with Crippen LogP contribution in [0.4, 0.5) is 0 Å². The number of unbranched alkanes of at least 4 members (excludes halogenated alkanes) is 7. The van der Waals surface area contributed by atoms with E-state index in [1.807, 2.05) is 33.3 Å². The average Bonchev–Trinajstić information content (AvgIpc) is 3.36. The van der Waals surface area contributed by atoms with E-state index in [1.165, 1.54) is 12.8 Å². The lowest BCUT2D eigenvalue weighted by atomic mass is 10.1. The van der Waals surface area contributed by atoms with Crippen molar-refractivity contribution in [3.05, 3.63) is 158 Å². The molecule has 0 saturated carbocycles. The summed E-state index contributed by atoms with van der Waals surface area (Å²) >= 11 is 0. The Labute approximate surface area is 444 Å². The largest absolute Gasteiger partial charge is 0.545 e. The van der Waals surface area contributed by atoms with E-state index >= 15 is 0 Å². The fraction of sp³-hybridized carbons (Fsp3) is 0.547. The van der Waals surface area contributed by atoms with E-state index in [1.54, 1.807) is 0 Å². The van der Waals surface area contributed by atoms with Crippen molar-refractivity contribution in [2.24, 2.45) is 0 Å². The molecule has 0 radical (unpaired) electrons. The molecule has 73 heavy (non-hydrogen) atoms. The van der Waals surface area contributed by atoms with Gasteiger partial charge in [0.05, 0.1) is 40.3 Å². The number of hydrogen-bond acceptors (Lipinski definition) is 8. The molecule has 0 aliphatic carbocycles. The van der Waals surface area contributed by atoms with E-state index in [0.717, 1.165) is 116 Å². The lowest BCUT2D eigenvalue weighted by Gasteiger charge is -2.26. The monoisotopic (exact) mass is 1010 g/mol. The molecule has 0 N–H and O–H groups in total. The van der Waals surface area contributed by atoms with Gasteiger partial charge in [-0.2, -0.15) is 0 Å². The zero-order valence-electron chi connectivity index (χ0n) is 46.2. The molecule has 0 fully saturated rings. The summed E-state index contributed by atoms with van der Waals surface area (Å²) in [6.07, 6.45) is 76.0. The minimum absolute atomic E-state index is 0.126. The summed E-state index contributed by atoms with van der Waals surface area (Å²) in [5.41, 5.74) is 0. The molecule has 0 aromatic rings. The second-order valence-corrected chi connectivity index (χ2v) is 18.8. The molecule has 408 valence electrons. The lowest BCUT2D eigenvalue weighted by molar-refractivity contribution is -0.870. The number of rotatable bonds is 48. The summed E-state index contributed by atoms with van der Waals surface area (Å²) in [5.74, 6) is -2.43. The van der Waals surface area contributed by atoms with Crippen LogP contribution in [-0.2, 0) is 33.3 Å². The maximum atomic E-state index is 12.8. The number of carboxylic acid groups (broad SMARTS) is 1. The molecule has 0 aromatic heterocycles.